The first-order valence-corrected chi connectivity index (χ1v) is 8.33. The van der Waals surface area contributed by atoms with Gasteiger partial charge in [0.25, 0.3) is 0 Å². The van der Waals surface area contributed by atoms with Crippen LogP contribution in [-0.4, -0.2) is 21.7 Å². The van der Waals surface area contributed by atoms with Gasteiger partial charge in [0, 0.05) is 17.5 Å². The number of benzene rings is 1. The van der Waals surface area contributed by atoms with E-state index in [9.17, 15) is 4.79 Å². The number of carbonyl (C=O) groups excluding carboxylic acids is 1. The van der Waals surface area contributed by atoms with Gasteiger partial charge in [0.1, 0.15) is 5.82 Å². The van der Waals surface area contributed by atoms with E-state index in [1.54, 1.807) is 4.68 Å². The zero-order chi connectivity index (χ0) is 18.1. The molecule has 0 spiro atoms. The van der Waals surface area contributed by atoms with Crippen molar-refractivity contribution in [2.45, 2.75) is 53.0 Å². The van der Waals surface area contributed by atoms with Crippen LogP contribution in [0, 0.1) is 12.8 Å². The zero-order valence-corrected chi connectivity index (χ0v) is 15.4. The lowest BCUT2D eigenvalue weighted by Crippen LogP contribution is -2.34. The Bertz CT molecular complexity index is 725. The van der Waals surface area contributed by atoms with Crippen molar-refractivity contribution < 1.29 is 4.79 Å². The Hall–Kier alpha value is -2.14. The molecule has 1 heterocycles. The Balaban J connectivity index is 2.45. The Morgan fingerprint density at radius 1 is 1.25 bits per heavy atom. The number of aryl methyl sites for hydroxylation is 1. The van der Waals surface area contributed by atoms with Gasteiger partial charge >= 0.3 is 0 Å². The second-order valence-electron chi connectivity index (χ2n) is 7.55. The van der Waals surface area contributed by atoms with Crippen molar-refractivity contribution in [3.05, 3.63) is 41.6 Å². The molecule has 0 bridgehead atoms. The highest BCUT2D eigenvalue weighted by Gasteiger charge is 2.23. The van der Waals surface area contributed by atoms with E-state index in [1.807, 2.05) is 51.1 Å². The molecule has 2 unspecified atom stereocenters. The minimum Gasteiger partial charge on any atom is -0.327 e. The summed E-state index contributed by atoms with van der Waals surface area (Å²) in [5.74, 6) is 0.297. The maximum absolute atomic E-state index is 12.4. The van der Waals surface area contributed by atoms with Crippen molar-refractivity contribution in [3.63, 3.8) is 0 Å². The van der Waals surface area contributed by atoms with Crippen LogP contribution < -0.4 is 11.1 Å². The first-order valence-electron chi connectivity index (χ1n) is 8.33. The lowest BCUT2D eigenvalue weighted by molar-refractivity contribution is -0.119. The molecular formula is C19H28N4O. The fraction of sp³-hybridized carbons (Fsp3) is 0.474. The lowest BCUT2D eigenvalue weighted by atomic mass is 9.92. The van der Waals surface area contributed by atoms with Crippen LogP contribution in [0.2, 0.25) is 0 Å². The van der Waals surface area contributed by atoms with Crippen LogP contribution in [0.5, 0.6) is 0 Å². The van der Waals surface area contributed by atoms with E-state index < -0.39 is 0 Å². The van der Waals surface area contributed by atoms with Crippen molar-refractivity contribution in [2.24, 2.45) is 11.7 Å². The predicted molar refractivity (Wildman–Crippen MR) is 98.4 cm³/mol. The second kappa shape index (κ2) is 6.77. The standard InChI is InChI=1S/C19H28N4O/c1-12-8-7-9-15(10-12)23-17(11-16(22-23)19(4,5)6)21-18(24)13(2)14(3)20/h7-11,13-14H,20H2,1-6H3,(H,21,24). The Kier molecular flexibility index (Phi) is 5.13. The number of nitrogens with one attached hydrogen (secondary N) is 1. The fourth-order valence-corrected chi connectivity index (χ4v) is 2.27. The second-order valence-corrected chi connectivity index (χ2v) is 7.55. The smallest absolute Gasteiger partial charge is 0.229 e. The molecule has 0 saturated carbocycles. The number of aromatic nitrogens is 2. The lowest BCUT2D eigenvalue weighted by Gasteiger charge is -2.16. The van der Waals surface area contributed by atoms with Gasteiger partial charge in [-0.2, -0.15) is 5.10 Å². The molecule has 1 aromatic carbocycles. The van der Waals surface area contributed by atoms with Crippen molar-refractivity contribution in [1.82, 2.24) is 9.78 Å². The number of hydrogen-bond donors (Lipinski definition) is 2. The van der Waals surface area contributed by atoms with E-state index in [0.717, 1.165) is 16.9 Å². The van der Waals surface area contributed by atoms with Gasteiger partial charge in [0.2, 0.25) is 5.91 Å². The molecule has 2 rings (SSSR count). The van der Waals surface area contributed by atoms with Crippen LogP contribution in [0.15, 0.2) is 30.3 Å². The van der Waals surface area contributed by atoms with Crippen molar-refractivity contribution in [2.75, 3.05) is 5.32 Å². The Morgan fingerprint density at radius 3 is 2.46 bits per heavy atom. The van der Waals surface area contributed by atoms with Gasteiger partial charge < -0.3 is 11.1 Å². The number of carbonyl (C=O) groups is 1. The predicted octanol–water partition coefficient (Wildman–Crippen LogP) is 3.40. The topological polar surface area (TPSA) is 72.9 Å². The number of nitrogens with two attached hydrogens (primary N) is 1. The summed E-state index contributed by atoms with van der Waals surface area (Å²) in [4.78, 5) is 12.4. The van der Waals surface area contributed by atoms with Gasteiger partial charge in [-0.15, -0.1) is 0 Å². The van der Waals surface area contributed by atoms with Crippen molar-refractivity contribution in [3.8, 4) is 5.69 Å². The molecule has 1 aromatic heterocycles. The van der Waals surface area contributed by atoms with E-state index in [-0.39, 0.29) is 23.3 Å². The highest BCUT2D eigenvalue weighted by molar-refractivity contribution is 5.92. The number of amides is 1. The summed E-state index contributed by atoms with van der Waals surface area (Å²) in [5.41, 5.74) is 8.73. The maximum atomic E-state index is 12.4. The molecule has 24 heavy (non-hydrogen) atoms. The minimum atomic E-state index is -0.274. The third-order valence-electron chi connectivity index (χ3n) is 4.18. The van der Waals surface area contributed by atoms with Gasteiger partial charge in [-0.1, -0.05) is 39.8 Å². The van der Waals surface area contributed by atoms with E-state index in [1.165, 1.54) is 0 Å². The Morgan fingerprint density at radius 2 is 1.92 bits per heavy atom. The van der Waals surface area contributed by atoms with Gasteiger partial charge in [-0.25, -0.2) is 4.68 Å². The third kappa shape index (κ3) is 4.03. The van der Waals surface area contributed by atoms with Gasteiger partial charge in [0.05, 0.1) is 17.3 Å². The average Bonchev–Trinajstić information content (AvgIpc) is 2.90. The minimum absolute atomic E-state index is 0.0979. The number of anilines is 1. The van der Waals surface area contributed by atoms with Crippen LogP contribution >= 0.6 is 0 Å². The number of nitrogens with zero attached hydrogens (tertiary/aromatic N) is 2. The summed E-state index contributed by atoms with van der Waals surface area (Å²) >= 11 is 0. The van der Waals surface area contributed by atoms with Crippen LogP contribution in [-0.2, 0) is 10.2 Å². The number of rotatable bonds is 4. The normalized spacial score (nSPS) is 14.3. The average molecular weight is 328 g/mol. The number of hydrogen-bond acceptors (Lipinski definition) is 3. The van der Waals surface area contributed by atoms with E-state index >= 15 is 0 Å². The third-order valence-corrected chi connectivity index (χ3v) is 4.18. The Labute approximate surface area is 144 Å². The molecule has 0 aliphatic heterocycles. The van der Waals surface area contributed by atoms with E-state index in [2.05, 4.69) is 26.1 Å². The summed E-state index contributed by atoms with van der Waals surface area (Å²) in [6.07, 6.45) is 0. The SMILES string of the molecule is Cc1cccc(-n2nc(C(C)(C)C)cc2NC(=O)C(C)C(C)N)c1. The molecule has 0 radical (unpaired) electrons. The van der Waals surface area contributed by atoms with Crippen LogP contribution in [0.1, 0.15) is 45.9 Å². The maximum Gasteiger partial charge on any atom is 0.229 e. The first kappa shape index (κ1) is 18.2. The molecule has 1 amide bonds. The van der Waals surface area contributed by atoms with Crippen LogP contribution in [0.25, 0.3) is 5.69 Å². The zero-order valence-electron chi connectivity index (χ0n) is 15.4. The quantitative estimate of drug-likeness (QED) is 0.903. The molecule has 0 saturated heterocycles. The van der Waals surface area contributed by atoms with Crippen molar-refractivity contribution in [1.29, 1.82) is 0 Å². The monoisotopic (exact) mass is 328 g/mol. The fourth-order valence-electron chi connectivity index (χ4n) is 2.27. The molecular weight excluding hydrogens is 300 g/mol. The largest absolute Gasteiger partial charge is 0.327 e. The summed E-state index contributed by atoms with van der Waals surface area (Å²) in [7, 11) is 0. The molecule has 2 atom stereocenters. The molecule has 5 heteroatoms. The summed E-state index contributed by atoms with van der Waals surface area (Å²) in [6, 6.07) is 9.78. The van der Waals surface area contributed by atoms with Crippen LogP contribution in [0.3, 0.4) is 0 Å². The highest BCUT2D eigenvalue weighted by atomic mass is 16.2. The van der Waals surface area contributed by atoms with Crippen LogP contribution in [0.4, 0.5) is 5.82 Å². The molecule has 2 aromatic rings. The molecule has 130 valence electrons. The molecule has 3 N–H and O–H groups in total. The summed E-state index contributed by atoms with van der Waals surface area (Å²) in [6.45, 7) is 12.0. The highest BCUT2D eigenvalue weighted by Crippen LogP contribution is 2.27. The molecule has 0 fully saturated rings. The van der Waals surface area contributed by atoms with Gasteiger partial charge in [-0.05, 0) is 31.5 Å². The van der Waals surface area contributed by atoms with Crippen molar-refractivity contribution >= 4 is 11.7 Å². The van der Waals surface area contributed by atoms with Gasteiger partial charge in [-0.3, -0.25) is 4.79 Å². The summed E-state index contributed by atoms with van der Waals surface area (Å²) in [5, 5.41) is 7.70. The van der Waals surface area contributed by atoms with Gasteiger partial charge in [0.15, 0.2) is 0 Å². The van der Waals surface area contributed by atoms with E-state index in [0.29, 0.717) is 5.82 Å². The summed E-state index contributed by atoms with van der Waals surface area (Å²) < 4.78 is 1.79. The van der Waals surface area contributed by atoms with E-state index in [4.69, 9.17) is 10.8 Å². The first-order chi connectivity index (χ1) is 11.1. The molecule has 0 aliphatic rings. The molecule has 0 aliphatic carbocycles. The molecule has 5 nitrogen and oxygen atoms in total.